The number of benzene rings is 1. The van der Waals surface area contributed by atoms with Crippen molar-refractivity contribution in [2.45, 2.75) is 44.5 Å². The number of imidazole rings is 1. The quantitative estimate of drug-likeness (QED) is 0.598. The van der Waals surface area contributed by atoms with E-state index in [4.69, 9.17) is 9.47 Å². The van der Waals surface area contributed by atoms with Crippen LogP contribution >= 0.6 is 0 Å². The van der Waals surface area contributed by atoms with E-state index in [1.807, 2.05) is 11.8 Å². The number of aryl methyl sites for hydroxylation is 1. The second-order valence-corrected chi connectivity index (χ2v) is 8.47. The molecule has 0 spiro atoms. The van der Waals surface area contributed by atoms with Crippen molar-refractivity contribution in [3.05, 3.63) is 59.3 Å². The zero-order valence-corrected chi connectivity index (χ0v) is 18.2. The minimum atomic E-state index is -1.12. The Morgan fingerprint density at radius 1 is 1.33 bits per heavy atom. The maximum absolute atomic E-state index is 14.7. The summed E-state index contributed by atoms with van der Waals surface area (Å²) in [7, 11) is 0. The number of fused-ring (bicyclic) bond motifs is 1. The summed E-state index contributed by atoms with van der Waals surface area (Å²) in [6.45, 7) is 3.03. The highest BCUT2D eigenvalue weighted by atomic mass is 19.1. The highest BCUT2D eigenvalue weighted by molar-refractivity contribution is 5.88. The monoisotopic (exact) mass is 457 g/mol. The van der Waals surface area contributed by atoms with Crippen LogP contribution in [0.5, 0.6) is 5.75 Å². The lowest BCUT2D eigenvalue weighted by atomic mass is 10.0. The SMILES string of the molecule is CCc1nc2ccc(N3C[C@@H](F)C[C@@H]3c3cc(F)ccc3O[C@H]3CCOC3)cn2c1C(=O)O. The molecule has 2 aromatic heterocycles. The Labute approximate surface area is 189 Å². The van der Waals surface area contributed by atoms with Gasteiger partial charge < -0.3 is 19.5 Å². The lowest BCUT2D eigenvalue weighted by Gasteiger charge is -2.29. The molecule has 0 amide bonds. The highest BCUT2D eigenvalue weighted by Crippen LogP contribution is 2.42. The van der Waals surface area contributed by atoms with E-state index >= 15 is 0 Å². The number of alkyl halides is 1. The summed E-state index contributed by atoms with van der Waals surface area (Å²) in [5.74, 6) is -0.982. The molecule has 2 aliphatic heterocycles. The number of carbonyl (C=O) groups is 1. The van der Waals surface area contributed by atoms with Crippen molar-refractivity contribution in [3.63, 3.8) is 0 Å². The number of carboxylic acids is 1. The van der Waals surface area contributed by atoms with Gasteiger partial charge in [0.15, 0.2) is 5.69 Å². The molecule has 0 saturated carbocycles. The summed E-state index contributed by atoms with van der Waals surface area (Å²) in [5, 5.41) is 9.71. The zero-order valence-electron chi connectivity index (χ0n) is 18.2. The number of hydrogen-bond acceptors (Lipinski definition) is 5. The van der Waals surface area contributed by atoms with Crippen LogP contribution in [0.1, 0.15) is 47.6 Å². The van der Waals surface area contributed by atoms with Crippen LogP contribution in [0.3, 0.4) is 0 Å². The summed E-state index contributed by atoms with van der Waals surface area (Å²) in [4.78, 5) is 18.1. The maximum atomic E-state index is 14.7. The smallest absolute Gasteiger partial charge is 0.354 e. The van der Waals surface area contributed by atoms with Gasteiger partial charge in [-0.1, -0.05) is 6.92 Å². The van der Waals surface area contributed by atoms with Crippen molar-refractivity contribution >= 4 is 17.3 Å². The van der Waals surface area contributed by atoms with E-state index in [9.17, 15) is 18.7 Å². The molecular formula is C24H25F2N3O4. The van der Waals surface area contributed by atoms with E-state index in [-0.39, 0.29) is 24.8 Å². The average molecular weight is 457 g/mol. The number of halogens is 2. The summed E-state index contributed by atoms with van der Waals surface area (Å²) in [6.07, 6.45) is 1.82. The number of hydrogen-bond donors (Lipinski definition) is 1. The van der Waals surface area contributed by atoms with Crippen molar-refractivity contribution in [3.8, 4) is 5.75 Å². The lowest BCUT2D eigenvalue weighted by Crippen LogP contribution is -2.25. The van der Waals surface area contributed by atoms with Gasteiger partial charge in [0.2, 0.25) is 0 Å². The number of anilines is 1. The Balaban J connectivity index is 1.55. The molecule has 2 aliphatic rings. The summed E-state index contributed by atoms with van der Waals surface area (Å²) in [6, 6.07) is 7.37. The van der Waals surface area contributed by atoms with Crippen LogP contribution in [0.15, 0.2) is 36.5 Å². The lowest BCUT2D eigenvalue weighted by molar-refractivity contribution is 0.0688. The van der Waals surface area contributed by atoms with Gasteiger partial charge in [0, 0.05) is 31.1 Å². The Morgan fingerprint density at radius 3 is 2.91 bits per heavy atom. The molecule has 9 heteroatoms. The molecule has 2 saturated heterocycles. The van der Waals surface area contributed by atoms with E-state index < -0.39 is 24.0 Å². The van der Waals surface area contributed by atoms with Crippen LogP contribution in [0.2, 0.25) is 0 Å². The van der Waals surface area contributed by atoms with E-state index in [1.165, 1.54) is 16.5 Å². The molecule has 33 heavy (non-hydrogen) atoms. The molecule has 0 unspecified atom stereocenters. The number of carboxylic acid groups (broad SMARTS) is 1. The predicted octanol–water partition coefficient (Wildman–Crippen LogP) is 4.19. The van der Waals surface area contributed by atoms with Gasteiger partial charge in [-0.15, -0.1) is 0 Å². The fourth-order valence-electron chi connectivity index (χ4n) is 4.76. The molecule has 2 fully saturated rings. The molecule has 0 aliphatic carbocycles. The molecule has 4 heterocycles. The number of nitrogens with zero attached hydrogens (tertiary/aromatic N) is 3. The number of pyridine rings is 1. The molecule has 174 valence electrons. The standard InChI is InChI=1S/C24H25F2N3O4/c1-2-19-23(24(30)31)29-12-16(4-6-22(29)27-19)28-11-15(26)10-20(28)18-9-14(25)3-5-21(18)33-17-7-8-32-13-17/h3-6,9,12,15,17,20H,2,7-8,10-11,13H2,1H3,(H,30,31)/t15-,17-,20+/m0/s1. The third kappa shape index (κ3) is 4.01. The van der Waals surface area contributed by atoms with Crippen LogP contribution in [0.4, 0.5) is 14.5 Å². The Hall–Kier alpha value is -3.20. The maximum Gasteiger partial charge on any atom is 0.354 e. The largest absolute Gasteiger partial charge is 0.488 e. The fourth-order valence-corrected chi connectivity index (χ4v) is 4.76. The van der Waals surface area contributed by atoms with Gasteiger partial charge in [-0.25, -0.2) is 18.6 Å². The van der Waals surface area contributed by atoms with Crippen molar-refractivity contribution in [2.75, 3.05) is 24.7 Å². The van der Waals surface area contributed by atoms with Gasteiger partial charge in [-0.05, 0) is 36.8 Å². The molecule has 1 N–H and O–H groups in total. The third-order valence-corrected chi connectivity index (χ3v) is 6.31. The third-order valence-electron chi connectivity index (χ3n) is 6.31. The molecule has 3 atom stereocenters. The molecule has 5 rings (SSSR count). The predicted molar refractivity (Wildman–Crippen MR) is 117 cm³/mol. The van der Waals surface area contributed by atoms with E-state index in [2.05, 4.69) is 4.98 Å². The van der Waals surface area contributed by atoms with Gasteiger partial charge in [-0.2, -0.15) is 0 Å². The molecule has 0 bridgehead atoms. The van der Waals surface area contributed by atoms with Crippen LogP contribution in [-0.2, 0) is 11.2 Å². The minimum Gasteiger partial charge on any atom is -0.488 e. The van der Waals surface area contributed by atoms with Gasteiger partial charge in [0.25, 0.3) is 0 Å². The van der Waals surface area contributed by atoms with E-state index in [1.54, 1.807) is 24.4 Å². The zero-order chi connectivity index (χ0) is 23.1. The second-order valence-electron chi connectivity index (χ2n) is 8.47. The summed E-state index contributed by atoms with van der Waals surface area (Å²) < 4.78 is 42.0. The van der Waals surface area contributed by atoms with Gasteiger partial charge in [0.05, 0.1) is 30.6 Å². The number of rotatable bonds is 6. The number of ether oxygens (including phenoxy) is 2. The van der Waals surface area contributed by atoms with Gasteiger partial charge in [-0.3, -0.25) is 4.40 Å². The first-order valence-electron chi connectivity index (χ1n) is 11.1. The van der Waals surface area contributed by atoms with Gasteiger partial charge >= 0.3 is 5.97 Å². The van der Waals surface area contributed by atoms with Crippen LogP contribution in [0.25, 0.3) is 5.65 Å². The normalized spacial score (nSPS) is 22.9. The van der Waals surface area contributed by atoms with E-state index in [0.29, 0.717) is 48.0 Å². The second kappa shape index (κ2) is 8.62. The highest BCUT2D eigenvalue weighted by Gasteiger charge is 2.36. The molecule has 7 nitrogen and oxygen atoms in total. The fraction of sp³-hybridized carbons (Fsp3) is 0.417. The Bertz CT molecular complexity index is 1190. The molecule has 3 aromatic rings. The molecular weight excluding hydrogens is 432 g/mol. The van der Waals surface area contributed by atoms with Crippen LogP contribution in [0, 0.1) is 5.82 Å². The summed E-state index contributed by atoms with van der Waals surface area (Å²) >= 11 is 0. The summed E-state index contributed by atoms with van der Waals surface area (Å²) in [5.41, 5.74) is 2.30. The molecule has 1 aromatic carbocycles. The van der Waals surface area contributed by atoms with Crippen molar-refractivity contribution in [1.82, 2.24) is 9.38 Å². The van der Waals surface area contributed by atoms with E-state index in [0.717, 1.165) is 6.42 Å². The first kappa shape index (κ1) is 21.6. The number of aromatic carboxylic acids is 1. The van der Waals surface area contributed by atoms with Crippen molar-refractivity contribution in [2.24, 2.45) is 0 Å². The first-order chi connectivity index (χ1) is 15.9. The Morgan fingerprint density at radius 2 is 2.18 bits per heavy atom. The number of aromatic nitrogens is 2. The van der Waals surface area contributed by atoms with Crippen LogP contribution < -0.4 is 9.64 Å². The Kier molecular flexibility index (Phi) is 5.65. The first-order valence-corrected chi connectivity index (χ1v) is 11.1. The minimum absolute atomic E-state index is 0.0953. The topological polar surface area (TPSA) is 76.3 Å². The van der Waals surface area contributed by atoms with Gasteiger partial charge in [0.1, 0.15) is 29.5 Å². The van der Waals surface area contributed by atoms with Crippen molar-refractivity contribution < 1.29 is 28.2 Å². The molecule has 0 radical (unpaired) electrons. The average Bonchev–Trinajstić information content (AvgIpc) is 3.52. The van der Waals surface area contributed by atoms with Crippen LogP contribution in [-0.4, -0.2) is 52.5 Å². The van der Waals surface area contributed by atoms with Crippen molar-refractivity contribution in [1.29, 1.82) is 0 Å².